The van der Waals surface area contributed by atoms with Gasteiger partial charge < -0.3 is 15.2 Å². The second kappa shape index (κ2) is 4.70. The minimum absolute atomic E-state index is 0.145. The van der Waals surface area contributed by atoms with Gasteiger partial charge in [-0.2, -0.15) is 0 Å². The maximum Gasteiger partial charge on any atom is 0.192 e. The Morgan fingerprint density at radius 3 is 2.90 bits per heavy atom. The van der Waals surface area contributed by atoms with E-state index in [1.165, 1.54) is 6.07 Å². The van der Waals surface area contributed by atoms with Crippen molar-refractivity contribution in [2.24, 2.45) is 0 Å². The minimum atomic E-state index is -0.145. The summed E-state index contributed by atoms with van der Waals surface area (Å²) in [5.74, 6) is 0.656. The van der Waals surface area contributed by atoms with Crippen LogP contribution in [0.4, 0.5) is 5.82 Å². The van der Waals surface area contributed by atoms with E-state index in [0.717, 1.165) is 11.1 Å². The zero-order chi connectivity index (χ0) is 14.1. The Labute approximate surface area is 115 Å². The third-order valence-electron chi connectivity index (χ3n) is 3.09. The second-order valence-corrected chi connectivity index (χ2v) is 4.56. The van der Waals surface area contributed by atoms with Crippen molar-refractivity contribution in [1.82, 2.24) is 10.1 Å². The third-order valence-corrected chi connectivity index (χ3v) is 3.09. The van der Waals surface area contributed by atoms with E-state index < -0.39 is 0 Å². The number of hydrogen-bond donors (Lipinski definition) is 2. The maximum absolute atomic E-state index is 11.9. The van der Waals surface area contributed by atoms with E-state index in [1.807, 2.05) is 31.2 Å². The van der Waals surface area contributed by atoms with Crippen LogP contribution in [0.1, 0.15) is 5.56 Å². The number of H-pyrrole nitrogens is 1. The van der Waals surface area contributed by atoms with Gasteiger partial charge in [-0.25, -0.2) is 0 Å². The molecule has 2 heterocycles. The van der Waals surface area contributed by atoms with Crippen LogP contribution in [0.2, 0.25) is 0 Å². The maximum atomic E-state index is 11.9. The summed E-state index contributed by atoms with van der Waals surface area (Å²) in [5.41, 5.74) is 8.77. The predicted molar refractivity (Wildman–Crippen MR) is 77.1 cm³/mol. The summed E-state index contributed by atoms with van der Waals surface area (Å²) in [5, 5.41) is 3.79. The first-order valence-corrected chi connectivity index (χ1v) is 6.16. The quantitative estimate of drug-likeness (QED) is 0.747. The number of nitrogen functional groups attached to an aromatic ring is 1. The molecule has 0 unspecified atom stereocenters. The fourth-order valence-corrected chi connectivity index (χ4v) is 2.16. The van der Waals surface area contributed by atoms with Crippen LogP contribution in [0.25, 0.3) is 22.5 Å². The van der Waals surface area contributed by atoms with Crippen LogP contribution in [0.5, 0.6) is 0 Å². The molecule has 0 fully saturated rings. The van der Waals surface area contributed by atoms with E-state index in [4.69, 9.17) is 10.3 Å². The van der Waals surface area contributed by atoms with Gasteiger partial charge in [0.1, 0.15) is 0 Å². The van der Waals surface area contributed by atoms with Crippen molar-refractivity contribution in [2.45, 2.75) is 6.92 Å². The highest BCUT2D eigenvalue weighted by atomic mass is 16.5. The molecule has 20 heavy (non-hydrogen) atoms. The number of nitrogens with zero attached hydrogens (tertiary/aromatic N) is 1. The number of aromatic nitrogens is 2. The number of pyridine rings is 1. The summed E-state index contributed by atoms with van der Waals surface area (Å²) in [6.07, 6.45) is 3.15. The minimum Gasteiger partial charge on any atom is -0.380 e. The summed E-state index contributed by atoms with van der Waals surface area (Å²) in [6.45, 7) is 1.99. The van der Waals surface area contributed by atoms with Gasteiger partial charge >= 0.3 is 0 Å². The Kier molecular flexibility index (Phi) is 2.87. The molecule has 0 saturated heterocycles. The van der Waals surface area contributed by atoms with Crippen LogP contribution in [-0.2, 0) is 0 Å². The molecule has 3 rings (SSSR count). The average Bonchev–Trinajstić information content (AvgIpc) is 2.81. The number of hydrogen-bond acceptors (Lipinski definition) is 4. The van der Waals surface area contributed by atoms with Crippen molar-refractivity contribution < 1.29 is 4.52 Å². The normalized spacial score (nSPS) is 10.7. The van der Waals surface area contributed by atoms with Gasteiger partial charge in [0.05, 0.1) is 11.1 Å². The van der Waals surface area contributed by atoms with E-state index >= 15 is 0 Å². The van der Waals surface area contributed by atoms with Gasteiger partial charge in [-0.3, -0.25) is 4.79 Å². The highest BCUT2D eigenvalue weighted by molar-refractivity contribution is 5.86. The number of anilines is 1. The number of rotatable bonds is 2. The van der Waals surface area contributed by atoms with Gasteiger partial charge in [-0.05, 0) is 12.5 Å². The first kappa shape index (κ1) is 12.2. The molecule has 0 radical (unpaired) electrons. The standard InChI is InChI=1S/C15H13N3O2/c1-9-3-2-4-10(7-9)13-14(20-18-15(13)16)11-8-17-6-5-12(11)19/h2-8H,1H3,(H2,16,18)(H,17,19). The topological polar surface area (TPSA) is 84.9 Å². The van der Waals surface area contributed by atoms with Crippen LogP contribution in [0, 0.1) is 6.92 Å². The van der Waals surface area contributed by atoms with Crippen molar-refractivity contribution in [3.63, 3.8) is 0 Å². The largest absolute Gasteiger partial charge is 0.380 e. The Morgan fingerprint density at radius 1 is 1.30 bits per heavy atom. The Balaban J connectivity index is 2.26. The molecule has 5 heteroatoms. The van der Waals surface area contributed by atoms with E-state index in [0.29, 0.717) is 16.9 Å². The molecule has 0 aliphatic carbocycles. The third kappa shape index (κ3) is 1.99. The number of benzene rings is 1. The van der Waals surface area contributed by atoms with Gasteiger partial charge in [-0.15, -0.1) is 0 Å². The van der Waals surface area contributed by atoms with Crippen LogP contribution in [-0.4, -0.2) is 10.1 Å². The van der Waals surface area contributed by atoms with E-state index in [1.54, 1.807) is 12.4 Å². The summed E-state index contributed by atoms with van der Waals surface area (Å²) in [4.78, 5) is 14.8. The molecule has 5 nitrogen and oxygen atoms in total. The summed E-state index contributed by atoms with van der Waals surface area (Å²) in [6, 6.07) is 9.24. The molecular formula is C15H13N3O2. The molecule has 0 bridgehead atoms. The van der Waals surface area contributed by atoms with Crippen molar-refractivity contribution in [3.8, 4) is 22.5 Å². The lowest BCUT2D eigenvalue weighted by Crippen LogP contribution is -2.02. The smallest absolute Gasteiger partial charge is 0.192 e. The van der Waals surface area contributed by atoms with Gasteiger partial charge in [0.2, 0.25) is 0 Å². The summed E-state index contributed by atoms with van der Waals surface area (Å²) < 4.78 is 5.26. The van der Waals surface area contributed by atoms with E-state index in [2.05, 4.69) is 10.1 Å². The first-order valence-electron chi connectivity index (χ1n) is 6.16. The van der Waals surface area contributed by atoms with Gasteiger partial charge in [0.15, 0.2) is 17.0 Å². The fourth-order valence-electron chi connectivity index (χ4n) is 2.16. The van der Waals surface area contributed by atoms with Crippen molar-refractivity contribution in [3.05, 3.63) is 58.5 Å². The molecule has 0 aliphatic heterocycles. The van der Waals surface area contributed by atoms with E-state index in [-0.39, 0.29) is 11.2 Å². The molecule has 0 saturated carbocycles. The number of nitrogens with two attached hydrogens (primary N) is 1. The average molecular weight is 267 g/mol. The monoisotopic (exact) mass is 267 g/mol. The fraction of sp³-hybridized carbons (Fsp3) is 0.0667. The molecule has 100 valence electrons. The number of aromatic amines is 1. The Bertz CT molecular complexity index is 818. The molecule has 1 aromatic carbocycles. The van der Waals surface area contributed by atoms with Crippen LogP contribution >= 0.6 is 0 Å². The SMILES string of the molecule is Cc1cccc(-c2c(N)noc2-c2c[nH]ccc2=O)c1. The van der Waals surface area contributed by atoms with Gasteiger partial charge in [0, 0.05) is 18.5 Å². The highest BCUT2D eigenvalue weighted by Gasteiger charge is 2.19. The first-order chi connectivity index (χ1) is 9.66. The van der Waals surface area contributed by atoms with Crippen molar-refractivity contribution in [2.75, 3.05) is 5.73 Å². The molecular weight excluding hydrogens is 254 g/mol. The molecule has 0 atom stereocenters. The van der Waals surface area contributed by atoms with Crippen molar-refractivity contribution >= 4 is 5.82 Å². The van der Waals surface area contributed by atoms with Crippen LogP contribution in [0.15, 0.2) is 52.0 Å². The predicted octanol–water partition coefficient (Wildman–Crippen LogP) is 2.59. The number of aryl methyl sites for hydroxylation is 1. The van der Waals surface area contributed by atoms with Gasteiger partial charge in [0.25, 0.3) is 0 Å². The molecule has 0 aliphatic rings. The molecule has 0 amide bonds. The summed E-state index contributed by atoms with van der Waals surface area (Å²) >= 11 is 0. The summed E-state index contributed by atoms with van der Waals surface area (Å²) in [7, 11) is 0. The lowest BCUT2D eigenvalue weighted by atomic mass is 10.0. The Hall–Kier alpha value is -2.82. The Morgan fingerprint density at radius 2 is 2.15 bits per heavy atom. The van der Waals surface area contributed by atoms with E-state index in [9.17, 15) is 4.79 Å². The second-order valence-electron chi connectivity index (χ2n) is 4.56. The van der Waals surface area contributed by atoms with Crippen LogP contribution in [0.3, 0.4) is 0 Å². The zero-order valence-corrected chi connectivity index (χ0v) is 10.9. The van der Waals surface area contributed by atoms with Gasteiger partial charge in [-0.1, -0.05) is 35.0 Å². The highest BCUT2D eigenvalue weighted by Crippen LogP contribution is 2.35. The lowest BCUT2D eigenvalue weighted by molar-refractivity contribution is 0.435. The zero-order valence-electron chi connectivity index (χ0n) is 10.9. The number of nitrogens with one attached hydrogen (secondary N) is 1. The lowest BCUT2D eigenvalue weighted by Gasteiger charge is -2.03. The molecule has 3 N–H and O–H groups in total. The molecule has 2 aromatic heterocycles. The van der Waals surface area contributed by atoms with Crippen molar-refractivity contribution in [1.29, 1.82) is 0 Å². The molecule has 3 aromatic rings. The van der Waals surface area contributed by atoms with Crippen LogP contribution < -0.4 is 11.2 Å². The molecule has 0 spiro atoms.